The summed E-state index contributed by atoms with van der Waals surface area (Å²) in [6.07, 6.45) is 2.65. The van der Waals surface area contributed by atoms with Gasteiger partial charge in [-0.25, -0.2) is 0 Å². The van der Waals surface area contributed by atoms with E-state index < -0.39 is 5.79 Å². The predicted octanol–water partition coefficient (Wildman–Crippen LogP) is 0.0660. The van der Waals surface area contributed by atoms with Crippen LogP contribution in [0.3, 0.4) is 0 Å². The SMILES string of the molecule is N=Bn1ccc(N2CCC3(C2)OCCO3)n1. The molecule has 1 spiro atoms. The van der Waals surface area contributed by atoms with Gasteiger partial charge in [-0.05, 0) is 0 Å². The van der Waals surface area contributed by atoms with Gasteiger partial charge in [-0.2, -0.15) is 0 Å². The van der Waals surface area contributed by atoms with Gasteiger partial charge in [0.25, 0.3) is 0 Å². The number of rotatable bonds is 2. The Morgan fingerprint density at radius 3 is 2.94 bits per heavy atom. The zero-order chi connectivity index (χ0) is 11.0. The fourth-order valence-electron chi connectivity index (χ4n) is 2.25. The summed E-state index contributed by atoms with van der Waals surface area (Å²) in [6, 6.07) is 1.90. The number of hydrogen-bond donors (Lipinski definition) is 1. The molecular weight excluding hydrogens is 207 g/mol. The molecule has 0 amide bonds. The van der Waals surface area contributed by atoms with Crippen LogP contribution in [0.15, 0.2) is 12.3 Å². The third-order valence-electron chi connectivity index (χ3n) is 3.06. The van der Waals surface area contributed by atoms with E-state index in [1.54, 1.807) is 6.20 Å². The molecule has 2 aliphatic rings. The molecule has 2 saturated heterocycles. The summed E-state index contributed by atoms with van der Waals surface area (Å²) >= 11 is 0. The molecule has 0 saturated carbocycles. The Balaban J connectivity index is 1.75. The number of aromatic nitrogens is 2. The normalized spacial score (nSPS) is 22.9. The van der Waals surface area contributed by atoms with Crippen LogP contribution in [0.2, 0.25) is 0 Å². The first kappa shape index (κ1) is 9.98. The molecule has 3 heterocycles. The molecule has 6 nitrogen and oxygen atoms in total. The van der Waals surface area contributed by atoms with Crippen LogP contribution in [0.25, 0.3) is 0 Å². The van der Waals surface area contributed by atoms with Crippen molar-refractivity contribution in [2.75, 3.05) is 31.2 Å². The van der Waals surface area contributed by atoms with E-state index in [0.717, 1.165) is 25.3 Å². The number of nitrogens with one attached hydrogen (secondary N) is 1. The first-order valence-corrected chi connectivity index (χ1v) is 5.40. The Bertz CT molecular complexity index is 402. The number of anilines is 1. The van der Waals surface area contributed by atoms with Crippen molar-refractivity contribution < 1.29 is 9.47 Å². The van der Waals surface area contributed by atoms with Crippen LogP contribution in [0, 0.1) is 5.31 Å². The van der Waals surface area contributed by atoms with Crippen LogP contribution in [-0.4, -0.2) is 49.0 Å². The van der Waals surface area contributed by atoms with Gasteiger partial charge in [-0.3, -0.25) is 0 Å². The Hall–Kier alpha value is -1.21. The quantitative estimate of drug-likeness (QED) is 0.716. The molecule has 1 aromatic heterocycles. The molecule has 0 radical (unpaired) electrons. The van der Waals surface area contributed by atoms with E-state index in [-0.39, 0.29) is 0 Å². The molecular formula is C9H13BN4O2. The second-order valence-electron chi connectivity index (χ2n) is 4.06. The Morgan fingerprint density at radius 1 is 1.44 bits per heavy atom. The predicted molar refractivity (Wildman–Crippen MR) is 57.6 cm³/mol. The van der Waals surface area contributed by atoms with E-state index in [1.165, 1.54) is 11.8 Å². The van der Waals surface area contributed by atoms with Gasteiger partial charge in [0.05, 0.1) is 0 Å². The number of ether oxygens (including phenoxy) is 2. The van der Waals surface area contributed by atoms with Crippen molar-refractivity contribution in [2.24, 2.45) is 0 Å². The molecule has 84 valence electrons. The molecule has 7 heteroatoms. The summed E-state index contributed by atoms with van der Waals surface area (Å²) in [5.74, 6) is 0.466. The summed E-state index contributed by atoms with van der Waals surface area (Å²) in [7, 11) is 1.18. The summed E-state index contributed by atoms with van der Waals surface area (Å²) in [5, 5.41) is 11.3. The summed E-state index contributed by atoms with van der Waals surface area (Å²) in [4.78, 5) is 2.13. The summed E-state index contributed by atoms with van der Waals surface area (Å²) in [6.45, 7) is 2.97. The molecule has 0 bridgehead atoms. The van der Waals surface area contributed by atoms with Crippen LogP contribution < -0.4 is 4.90 Å². The molecule has 0 unspecified atom stereocenters. The standard InChI is InChI=1S/C9H13BN4O2/c11-10-14-3-1-8(12-14)13-4-2-9(7-13)15-5-6-16-9/h1,3,11H,2,4-7H2. The van der Waals surface area contributed by atoms with Crippen molar-refractivity contribution in [3.05, 3.63) is 12.3 Å². The van der Waals surface area contributed by atoms with Gasteiger partial charge in [0.2, 0.25) is 0 Å². The van der Waals surface area contributed by atoms with Crippen molar-refractivity contribution in [3.63, 3.8) is 0 Å². The maximum atomic E-state index is 7.10. The molecule has 16 heavy (non-hydrogen) atoms. The second kappa shape index (κ2) is 3.67. The van der Waals surface area contributed by atoms with Crippen LogP contribution in [0.5, 0.6) is 0 Å². The van der Waals surface area contributed by atoms with Crippen molar-refractivity contribution in [1.82, 2.24) is 9.69 Å². The topological polar surface area (TPSA) is 63.4 Å². The maximum absolute atomic E-state index is 7.10. The monoisotopic (exact) mass is 220 g/mol. The summed E-state index contributed by atoms with van der Waals surface area (Å²) in [5.41, 5.74) is 0. The molecule has 0 aromatic carbocycles. The average Bonchev–Trinajstić information content (AvgIpc) is 3.01. The van der Waals surface area contributed by atoms with Crippen LogP contribution in [0.4, 0.5) is 5.82 Å². The fraction of sp³-hybridized carbons (Fsp3) is 0.667. The average molecular weight is 220 g/mol. The van der Waals surface area contributed by atoms with Gasteiger partial charge >= 0.3 is 93.2 Å². The molecule has 1 aromatic rings. The number of hydrogen-bond acceptors (Lipinski definition) is 5. The minimum absolute atomic E-state index is 0.408. The van der Waals surface area contributed by atoms with E-state index in [0.29, 0.717) is 13.2 Å². The zero-order valence-electron chi connectivity index (χ0n) is 8.93. The molecule has 3 rings (SSSR count). The minimum atomic E-state index is -0.408. The van der Waals surface area contributed by atoms with Crippen molar-refractivity contribution in [2.45, 2.75) is 12.2 Å². The van der Waals surface area contributed by atoms with Gasteiger partial charge < -0.3 is 0 Å². The Kier molecular flexibility index (Phi) is 2.29. The van der Waals surface area contributed by atoms with Gasteiger partial charge in [-0.1, -0.05) is 0 Å². The van der Waals surface area contributed by atoms with Gasteiger partial charge in [0.15, 0.2) is 0 Å². The third kappa shape index (κ3) is 1.56. The van der Waals surface area contributed by atoms with E-state index in [4.69, 9.17) is 14.8 Å². The van der Waals surface area contributed by atoms with Gasteiger partial charge in [-0.15, -0.1) is 0 Å². The van der Waals surface area contributed by atoms with Crippen LogP contribution in [0.1, 0.15) is 6.42 Å². The zero-order valence-corrected chi connectivity index (χ0v) is 8.93. The Morgan fingerprint density at radius 2 is 2.25 bits per heavy atom. The van der Waals surface area contributed by atoms with Gasteiger partial charge in [0, 0.05) is 0 Å². The fourth-order valence-corrected chi connectivity index (χ4v) is 2.25. The van der Waals surface area contributed by atoms with Crippen molar-refractivity contribution in [3.8, 4) is 0 Å². The molecule has 2 aliphatic heterocycles. The first-order valence-electron chi connectivity index (χ1n) is 5.40. The molecule has 0 aliphatic carbocycles. The van der Waals surface area contributed by atoms with Crippen LogP contribution >= 0.6 is 0 Å². The van der Waals surface area contributed by atoms with Gasteiger partial charge in [0.1, 0.15) is 0 Å². The van der Waals surface area contributed by atoms with Crippen molar-refractivity contribution in [1.29, 1.82) is 5.31 Å². The van der Waals surface area contributed by atoms with Crippen LogP contribution in [-0.2, 0) is 9.47 Å². The van der Waals surface area contributed by atoms with Crippen molar-refractivity contribution >= 4 is 13.0 Å². The molecule has 2 fully saturated rings. The van der Waals surface area contributed by atoms with E-state index in [9.17, 15) is 0 Å². The van der Waals surface area contributed by atoms with E-state index in [2.05, 4.69) is 10.00 Å². The third-order valence-corrected chi connectivity index (χ3v) is 3.06. The number of nitrogens with zero attached hydrogens (tertiary/aromatic N) is 3. The molecule has 1 N–H and O–H groups in total. The second-order valence-corrected chi connectivity index (χ2v) is 4.06. The first-order chi connectivity index (χ1) is 7.81. The van der Waals surface area contributed by atoms with E-state index >= 15 is 0 Å². The Labute approximate surface area is 93.9 Å². The van der Waals surface area contributed by atoms with E-state index in [1.807, 2.05) is 6.07 Å². The molecule has 0 atom stereocenters. The summed E-state index contributed by atoms with van der Waals surface area (Å²) < 4.78 is 12.8.